The maximum atomic E-state index is 11.5. The van der Waals surface area contributed by atoms with Gasteiger partial charge in [0.1, 0.15) is 0 Å². The molecule has 0 unspecified atom stereocenters. The van der Waals surface area contributed by atoms with Crippen molar-refractivity contribution in [2.75, 3.05) is 7.05 Å². The Morgan fingerprint density at radius 2 is 2.32 bits per heavy atom. The van der Waals surface area contributed by atoms with E-state index in [4.69, 9.17) is 11.6 Å². The minimum Gasteiger partial charge on any atom is -0.316 e. The van der Waals surface area contributed by atoms with E-state index in [9.17, 15) is 4.79 Å². The number of H-pyrrole nitrogens is 1. The Bertz CT molecular complexity index is 622. The molecule has 0 spiro atoms. The molecule has 0 radical (unpaired) electrons. The van der Waals surface area contributed by atoms with Gasteiger partial charge in [-0.3, -0.25) is 4.57 Å². The van der Waals surface area contributed by atoms with E-state index in [1.807, 2.05) is 32.2 Å². The van der Waals surface area contributed by atoms with Gasteiger partial charge in [-0.1, -0.05) is 17.7 Å². The number of rotatable bonds is 5. The highest BCUT2D eigenvalue weighted by molar-refractivity contribution is 7.99. The number of aromatic amines is 1. The summed E-state index contributed by atoms with van der Waals surface area (Å²) in [4.78, 5) is 12.5. The average Bonchev–Trinajstić information content (AvgIpc) is 2.74. The van der Waals surface area contributed by atoms with Crippen molar-refractivity contribution in [1.29, 1.82) is 0 Å². The van der Waals surface area contributed by atoms with Crippen LogP contribution in [0.25, 0.3) is 0 Å². The van der Waals surface area contributed by atoms with Gasteiger partial charge in [-0.05, 0) is 43.4 Å². The Balaban J connectivity index is 2.37. The first-order chi connectivity index (χ1) is 9.17. The molecule has 7 heteroatoms. The number of benzene rings is 1. The number of hydrogen-bond donors (Lipinski definition) is 2. The Hall–Kier alpha value is -1.24. The van der Waals surface area contributed by atoms with Crippen LogP contribution in [0.3, 0.4) is 0 Å². The van der Waals surface area contributed by atoms with Gasteiger partial charge >= 0.3 is 5.69 Å². The van der Waals surface area contributed by atoms with Crippen molar-refractivity contribution in [3.8, 4) is 0 Å². The topological polar surface area (TPSA) is 62.7 Å². The molecule has 1 aromatic heterocycles. The van der Waals surface area contributed by atoms with E-state index in [1.54, 1.807) is 4.57 Å². The summed E-state index contributed by atoms with van der Waals surface area (Å²) in [6.07, 6.45) is 0. The lowest BCUT2D eigenvalue weighted by Gasteiger charge is -2.10. The molecule has 0 aliphatic rings. The summed E-state index contributed by atoms with van der Waals surface area (Å²) in [5.74, 6) is 0. The molecule has 1 heterocycles. The standard InChI is InChI=1S/C12H15ClN4OS/c1-3-17-11(18)15-16-12(17)19-10-6-4-5-9(13)8(10)7-14-2/h4-6,14H,3,7H2,1-2H3,(H,15,18). The van der Waals surface area contributed by atoms with Crippen molar-refractivity contribution in [3.05, 3.63) is 39.3 Å². The second-order valence-corrected chi connectivity index (χ2v) is 5.32. The molecule has 0 atom stereocenters. The third kappa shape index (κ3) is 3.02. The molecule has 2 N–H and O–H groups in total. The lowest BCUT2D eigenvalue weighted by molar-refractivity contribution is 0.660. The fourth-order valence-electron chi connectivity index (χ4n) is 1.74. The smallest absolute Gasteiger partial charge is 0.316 e. The van der Waals surface area contributed by atoms with Crippen molar-refractivity contribution < 1.29 is 0 Å². The molecule has 0 saturated carbocycles. The van der Waals surface area contributed by atoms with Crippen LogP contribution in [0.15, 0.2) is 33.0 Å². The maximum absolute atomic E-state index is 11.5. The first-order valence-corrected chi connectivity index (χ1v) is 7.11. The van der Waals surface area contributed by atoms with Crippen LogP contribution in [0.5, 0.6) is 0 Å². The van der Waals surface area contributed by atoms with Crippen LogP contribution in [0.1, 0.15) is 12.5 Å². The molecule has 0 fully saturated rings. The number of hydrogen-bond acceptors (Lipinski definition) is 4. The van der Waals surface area contributed by atoms with Crippen LogP contribution in [0.4, 0.5) is 0 Å². The van der Waals surface area contributed by atoms with Gasteiger partial charge in [0.15, 0.2) is 5.16 Å². The molecular formula is C12H15ClN4OS. The summed E-state index contributed by atoms with van der Waals surface area (Å²) < 4.78 is 1.59. The molecule has 2 rings (SSSR count). The third-order valence-electron chi connectivity index (χ3n) is 2.67. The van der Waals surface area contributed by atoms with E-state index in [-0.39, 0.29) is 5.69 Å². The molecule has 0 aliphatic carbocycles. The Kier molecular flexibility index (Phi) is 4.68. The summed E-state index contributed by atoms with van der Waals surface area (Å²) in [6.45, 7) is 3.16. The molecule has 0 aliphatic heterocycles. The predicted octanol–water partition coefficient (Wildman–Crippen LogP) is 2.12. The van der Waals surface area contributed by atoms with Crippen molar-refractivity contribution in [2.24, 2.45) is 0 Å². The Morgan fingerprint density at radius 3 is 3.00 bits per heavy atom. The molecule has 2 aromatic rings. The van der Waals surface area contributed by atoms with Crippen LogP contribution in [-0.2, 0) is 13.1 Å². The zero-order chi connectivity index (χ0) is 13.8. The predicted molar refractivity (Wildman–Crippen MR) is 76.9 cm³/mol. The first-order valence-electron chi connectivity index (χ1n) is 5.92. The molecule has 5 nitrogen and oxygen atoms in total. The number of halogens is 1. The van der Waals surface area contributed by atoms with Crippen LogP contribution in [0.2, 0.25) is 5.02 Å². The molecule has 19 heavy (non-hydrogen) atoms. The van der Waals surface area contributed by atoms with E-state index in [0.29, 0.717) is 23.3 Å². The van der Waals surface area contributed by atoms with Gasteiger partial charge in [-0.25, -0.2) is 9.89 Å². The minimum absolute atomic E-state index is 0.192. The quantitative estimate of drug-likeness (QED) is 0.887. The molecule has 102 valence electrons. The van der Waals surface area contributed by atoms with Crippen LogP contribution in [-0.4, -0.2) is 21.8 Å². The summed E-state index contributed by atoms with van der Waals surface area (Å²) >= 11 is 7.64. The van der Waals surface area contributed by atoms with E-state index < -0.39 is 0 Å². The number of aromatic nitrogens is 3. The summed E-state index contributed by atoms with van der Waals surface area (Å²) in [5.41, 5.74) is 0.817. The van der Waals surface area contributed by atoms with Gasteiger partial charge in [0, 0.05) is 23.0 Å². The fourth-order valence-corrected chi connectivity index (χ4v) is 3.10. The second-order valence-electron chi connectivity index (χ2n) is 3.90. The highest BCUT2D eigenvalue weighted by atomic mass is 35.5. The van der Waals surface area contributed by atoms with Crippen molar-refractivity contribution in [1.82, 2.24) is 20.1 Å². The van der Waals surface area contributed by atoms with Gasteiger partial charge < -0.3 is 5.32 Å². The third-order valence-corrected chi connectivity index (χ3v) is 4.12. The van der Waals surface area contributed by atoms with Crippen LogP contribution < -0.4 is 11.0 Å². The number of nitrogens with one attached hydrogen (secondary N) is 2. The normalized spacial score (nSPS) is 10.9. The van der Waals surface area contributed by atoms with Gasteiger partial charge in [-0.15, -0.1) is 5.10 Å². The Morgan fingerprint density at radius 1 is 1.53 bits per heavy atom. The lowest BCUT2D eigenvalue weighted by Crippen LogP contribution is -2.16. The van der Waals surface area contributed by atoms with E-state index in [0.717, 1.165) is 10.5 Å². The molecule has 1 aromatic carbocycles. The minimum atomic E-state index is -0.192. The summed E-state index contributed by atoms with van der Waals surface area (Å²) in [5, 5.41) is 10.9. The molecular weight excluding hydrogens is 284 g/mol. The molecule has 0 bridgehead atoms. The zero-order valence-corrected chi connectivity index (χ0v) is 12.3. The highest BCUT2D eigenvalue weighted by Crippen LogP contribution is 2.32. The Labute approximate surface area is 120 Å². The SMILES string of the molecule is CCn1c(Sc2cccc(Cl)c2CNC)n[nH]c1=O. The van der Waals surface area contributed by atoms with E-state index in [1.165, 1.54) is 11.8 Å². The second kappa shape index (κ2) is 6.27. The molecule has 0 saturated heterocycles. The lowest BCUT2D eigenvalue weighted by atomic mass is 10.2. The van der Waals surface area contributed by atoms with E-state index >= 15 is 0 Å². The number of nitrogens with zero attached hydrogens (tertiary/aromatic N) is 2. The largest absolute Gasteiger partial charge is 0.343 e. The van der Waals surface area contributed by atoms with Gasteiger partial charge in [0.05, 0.1) is 0 Å². The highest BCUT2D eigenvalue weighted by Gasteiger charge is 2.12. The average molecular weight is 299 g/mol. The molecule has 0 amide bonds. The van der Waals surface area contributed by atoms with Gasteiger partial charge in [0.2, 0.25) is 0 Å². The van der Waals surface area contributed by atoms with Crippen LogP contribution >= 0.6 is 23.4 Å². The van der Waals surface area contributed by atoms with Gasteiger partial charge in [-0.2, -0.15) is 0 Å². The van der Waals surface area contributed by atoms with Crippen molar-refractivity contribution >= 4 is 23.4 Å². The van der Waals surface area contributed by atoms with Crippen molar-refractivity contribution in [3.63, 3.8) is 0 Å². The maximum Gasteiger partial charge on any atom is 0.343 e. The zero-order valence-electron chi connectivity index (χ0n) is 10.7. The van der Waals surface area contributed by atoms with Gasteiger partial charge in [0.25, 0.3) is 0 Å². The van der Waals surface area contributed by atoms with Crippen LogP contribution in [0, 0.1) is 0 Å². The van der Waals surface area contributed by atoms with Crippen molar-refractivity contribution in [2.45, 2.75) is 30.1 Å². The summed E-state index contributed by atoms with van der Waals surface area (Å²) in [7, 11) is 1.87. The monoisotopic (exact) mass is 298 g/mol. The summed E-state index contributed by atoms with van der Waals surface area (Å²) in [6, 6.07) is 5.73. The first kappa shape index (κ1) is 14.2. The fraction of sp³-hybridized carbons (Fsp3) is 0.333. The van der Waals surface area contributed by atoms with E-state index in [2.05, 4.69) is 15.5 Å².